The zero-order chi connectivity index (χ0) is 16.5. The van der Waals surface area contributed by atoms with Crippen LogP contribution in [-0.4, -0.2) is 34.6 Å². The highest BCUT2D eigenvalue weighted by Crippen LogP contribution is 2.21. The molecule has 4 rings (SSSR count). The Morgan fingerprint density at radius 1 is 1.20 bits per heavy atom. The normalized spacial score (nSPS) is 15.7. The molecule has 25 heavy (non-hydrogen) atoms. The number of carbonyl (C=O) groups excluding carboxylic acids is 2. The first kappa shape index (κ1) is 17.4. The second-order valence-corrected chi connectivity index (χ2v) is 6.24. The lowest BCUT2D eigenvalue weighted by atomic mass is 10.1. The molecule has 2 heterocycles. The van der Waals surface area contributed by atoms with Crippen LogP contribution in [0.15, 0.2) is 24.3 Å². The largest absolute Gasteiger partial charge is 0.349 e. The maximum atomic E-state index is 12.5. The number of aromatic nitrogens is 2. The van der Waals surface area contributed by atoms with Gasteiger partial charge in [0.15, 0.2) is 5.69 Å². The SMILES string of the molecule is Cl.O=C(NC1CC1)c1cccc(NC(=O)c2n[nH]c3c2CNCC3)c1. The molecule has 1 aliphatic carbocycles. The van der Waals surface area contributed by atoms with Crippen molar-refractivity contribution in [3.05, 3.63) is 46.8 Å². The smallest absolute Gasteiger partial charge is 0.276 e. The van der Waals surface area contributed by atoms with Gasteiger partial charge in [-0.25, -0.2) is 0 Å². The zero-order valence-corrected chi connectivity index (χ0v) is 14.4. The van der Waals surface area contributed by atoms with Crippen LogP contribution in [0.2, 0.25) is 0 Å². The predicted octanol–water partition coefficient (Wildman–Crippen LogP) is 1.62. The van der Waals surface area contributed by atoms with Gasteiger partial charge in [-0.05, 0) is 31.0 Å². The maximum Gasteiger partial charge on any atom is 0.276 e. The number of halogens is 1. The van der Waals surface area contributed by atoms with Gasteiger partial charge in [0.1, 0.15) is 0 Å². The number of nitrogens with zero attached hydrogens (tertiary/aromatic N) is 1. The number of rotatable bonds is 4. The van der Waals surface area contributed by atoms with Gasteiger partial charge in [0.25, 0.3) is 11.8 Å². The molecule has 8 heteroatoms. The molecule has 2 amide bonds. The number of carbonyl (C=O) groups is 2. The molecule has 1 fully saturated rings. The van der Waals surface area contributed by atoms with Gasteiger partial charge in [-0.1, -0.05) is 6.07 Å². The Kier molecular flexibility index (Phi) is 5.06. The fourth-order valence-electron chi connectivity index (χ4n) is 2.84. The van der Waals surface area contributed by atoms with E-state index in [1.165, 1.54) is 0 Å². The van der Waals surface area contributed by atoms with E-state index in [4.69, 9.17) is 0 Å². The van der Waals surface area contributed by atoms with Crippen molar-refractivity contribution >= 4 is 29.9 Å². The van der Waals surface area contributed by atoms with E-state index in [1.54, 1.807) is 24.3 Å². The van der Waals surface area contributed by atoms with E-state index in [0.29, 0.717) is 29.5 Å². The van der Waals surface area contributed by atoms with Gasteiger partial charge in [0.2, 0.25) is 0 Å². The van der Waals surface area contributed by atoms with E-state index in [1.807, 2.05) is 0 Å². The standard InChI is InChI=1S/C17H19N5O2.ClH/c23-16(19-11-4-5-11)10-2-1-3-12(8-10)20-17(24)15-13-9-18-7-6-14(13)21-22-15;/h1-3,8,11,18H,4-7,9H2,(H,19,23)(H,20,24)(H,21,22);1H. The number of amides is 2. The molecule has 0 saturated heterocycles. The van der Waals surface area contributed by atoms with Crippen LogP contribution >= 0.6 is 12.4 Å². The number of nitrogens with one attached hydrogen (secondary N) is 4. The van der Waals surface area contributed by atoms with Crippen LogP contribution < -0.4 is 16.0 Å². The summed E-state index contributed by atoms with van der Waals surface area (Å²) in [7, 11) is 0. The first-order chi connectivity index (χ1) is 11.7. The maximum absolute atomic E-state index is 12.5. The second kappa shape index (κ2) is 7.25. The first-order valence-corrected chi connectivity index (χ1v) is 8.20. The van der Waals surface area contributed by atoms with E-state index in [9.17, 15) is 9.59 Å². The van der Waals surface area contributed by atoms with Gasteiger partial charge in [-0.2, -0.15) is 5.10 Å². The Morgan fingerprint density at radius 2 is 2.04 bits per heavy atom. The number of benzene rings is 1. The lowest BCUT2D eigenvalue weighted by molar-refractivity contribution is 0.0949. The van der Waals surface area contributed by atoms with E-state index in [0.717, 1.165) is 37.1 Å². The molecule has 1 saturated carbocycles. The zero-order valence-electron chi connectivity index (χ0n) is 13.6. The monoisotopic (exact) mass is 361 g/mol. The van der Waals surface area contributed by atoms with Crippen molar-refractivity contribution < 1.29 is 9.59 Å². The molecule has 2 aliphatic rings. The van der Waals surface area contributed by atoms with Crippen LogP contribution in [0, 0.1) is 0 Å². The lowest BCUT2D eigenvalue weighted by Crippen LogP contribution is -2.26. The number of hydrogen-bond donors (Lipinski definition) is 4. The fourth-order valence-corrected chi connectivity index (χ4v) is 2.84. The van der Waals surface area contributed by atoms with Crippen molar-refractivity contribution in [1.82, 2.24) is 20.8 Å². The Bertz CT molecular complexity index is 800. The summed E-state index contributed by atoms with van der Waals surface area (Å²) in [6, 6.07) is 7.27. The van der Waals surface area contributed by atoms with Crippen LogP contribution in [-0.2, 0) is 13.0 Å². The number of hydrogen-bond acceptors (Lipinski definition) is 4. The molecule has 0 unspecified atom stereocenters. The third kappa shape index (κ3) is 3.83. The van der Waals surface area contributed by atoms with Crippen molar-refractivity contribution in [3.8, 4) is 0 Å². The number of aromatic amines is 1. The van der Waals surface area contributed by atoms with Gasteiger partial charge in [0.05, 0.1) is 0 Å². The molecule has 0 atom stereocenters. The minimum atomic E-state index is -0.268. The Labute approximate surface area is 151 Å². The molecule has 1 aromatic carbocycles. The van der Waals surface area contributed by atoms with E-state index in [2.05, 4.69) is 26.1 Å². The second-order valence-electron chi connectivity index (χ2n) is 6.24. The van der Waals surface area contributed by atoms with Crippen molar-refractivity contribution in [3.63, 3.8) is 0 Å². The summed E-state index contributed by atoms with van der Waals surface area (Å²) in [5.41, 5.74) is 3.47. The highest BCUT2D eigenvalue weighted by atomic mass is 35.5. The molecule has 0 spiro atoms. The number of anilines is 1. The predicted molar refractivity (Wildman–Crippen MR) is 96.1 cm³/mol. The van der Waals surface area contributed by atoms with Gasteiger partial charge in [-0.15, -0.1) is 12.4 Å². The summed E-state index contributed by atoms with van der Waals surface area (Å²) in [5.74, 6) is -0.370. The van der Waals surface area contributed by atoms with Crippen LogP contribution in [0.5, 0.6) is 0 Å². The van der Waals surface area contributed by atoms with E-state index >= 15 is 0 Å². The average Bonchev–Trinajstić information content (AvgIpc) is 3.30. The highest BCUT2D eigenvalue weighted by molar-refractivity contribution is 6.05. The third-order valence-corrected chi connectivity index (χ3v) is 4.32. The molecular formula is C17H20ClN5O2. The molecule has 4 N–H and O–H groups in total. The lowest BCUT2D eigenvalue weighted by Gasteiger charge is -2.13. The van der Waals surface area contributed by atoms with Crippen LogP contribution in [0.4, 0.5) is 5.69 Å². The van der Waals surface area contributed by atoms with Crippen molar-refractivity contribution in [2.75, 3.05) is 11.9 Å². The van der Waals surface area contributed by atoms with Crippen LogP contribution in [0.25, 0.3) is 0 Å². The molecule has 1 aromatic heterocycles. The number of fused-ring (bicyclic) bond motifs is 1. The quantitative estimate of drug-likeness (QED) is 0.665. The summed E-state index contributed by atoms with van der Waals surface area (Å²) in [5, 5.41) is 16.1. The van der Waals surface area contributed by atoms with Crippen LogP contribution in [0.3, 0.4) is 0 Å². The summed E-state index contributed by atoms with van der Waals surface area (Å²) in [6.45, 7) is 1.52. The average molecular weight is 362 g/mol. The van der Waals surface area contributed by atoms with Crippen molar-refractivity contribution in [2.45, 2.75) is 31.8 Å². The van der Waals surface area contributed by atoms with Crippen molar-refractivity contribution in [2.24, 2.45) is 0 Å². The van der Waals surface area contributed by atoms with E-state index < -0.39 is 0 Å². The van der Waals surface area contributed by atoms with Crippen molar-refractivity contribution in [1.29, 1.82) is 0 Å². The van der Waals surface area contributed by atoms with Gasteiger partial charge in [0, 0.05) is 48.1 Å². The summed E-state index contributed by atoms with van der Waals surface area (Å²) >= 11 is 0. The third-order valence-electron chi connectivity index (χ3n) is 4.32. The minimum absolute atomic E-state index is 0. The number of H-pyrrole nitrogens is 1. The first-order valence-electron chi connectivity index (χ1n) is 8.20. The van der Waals surface area contributed by atoms with Gasteiger partial charge >= 0.3 is 0 Å². The molecule has 0 radical (unpaired) electrons. The molecule has 132 valence electrons. The van der Waals surface area contributed by atoms with E-state index in [-0.39, 0.29) is 24.2 Å². The molecular weight excluding hydrogens is 342 g/mol. The topological polar surface area (TPSA) is 98.9 Å². The van der Waals surface area contributed by atoms with Gasteiger partial charge < -0.3 is 16.0 Å². The highest BCUT2D eigenvalue weighted by Gasteiger charge is 2.24. The van der Waals surface area contributed by atoms with Gasteiger partial charge in [-0.3, -0.25) is 14.7 Å². The summed E-state index contributed by atoms with van der Waals surface area (Å²) in [4.78, 5) is 24.6. The molecule has 1 aliphatic heterocycles. The van der Waals surface area contributed by atoms with Crippen LogP contribution in [0.1, 0.15) is 44.9 Å². The molecule has 7 nitrogen and oxygen atoms in total. The Hall–Kier alpha value is -2.38. The molecule has 2 aromatic rings. The summed E-state index contributed by atoms with van der Waals surface area (Å²) in [6.07, 6.45) is 2.92. The minimum Gasteiger partial charge on any atom is -0.349 e. The Morgan fingerprint density at radius 3 is 2.84 bits per heavy atom. The summed E-state index contributed by atoms with van der Waals surface area (Å²) < 4.78 is 0. The molecule has 0 bridgehead atoms. The Balaban J connectivity index is 0.00000182. The fraction of sp³-hybridized carbons (Fsp3) is 0.353.